The average molecular weight is 434 g/mol. The predicted molar refractivity (Wildman–Crippen MR) is 122 cm³/mol. The molecule has 0 saturated carbocycles. The first kappa shape index (κ1) is 19.0. The molecule has 1 unspecified atom stereocenters. The lowest BCUT2D eigenvalue weighted by Crippen LogP contribution is -2.47. The minimum atomic E-state index is -0.260. The number of carbonyl (C=O) groups is 1. The molecule has 5 nitrogen and oxygen atoms in total. The number of carbonyl (C=O) groups excluding carboxylic acids is 1. The Balaban J connectivity index is 1.62. The summed E-state index contributed by atoms with van der Waals surface area (Å²) in [6.07, 6.45) is -0.260. The van der Waals surface area contributed by atoms with Gasteiger partial charge in [0.25, 0.3) is 5.91 Å². The van der Waals surface area contributed by atoms with E-state index in [1.54, 1.807) is 11.3 Å². The van der Waals surface area contributed by atoms with E-state index < -0.39 is 0 Å². The van der Waals surface area contributed by atoms with Gasteiger partial charge < -0.3 is 10.0 Å². The lowest BCUT2D eigenvalue weighted by atomic mass is 10.0. The maximum atomic E-state index is 13.5. The summed E-state index contributed by atoms with van der Waals surface area (Å²) in [5.74, 6) is -0.00826. The number of hydrogen-bond acceptors (Lipinski definition) is 6. The number of thiazole rings is 1. The van der Waals surface area contributed by atoms with E-state index in [1.165, 1.54) is 11.3 Å². The highest BCUT2D eigenvalue weighted by atomic mass is 32.1. The van der Waals surface area contributed by atoms with Gasteiger partial charge in [-0.05, 0) is 36.4 Å². The second kappa shape index (κ2) is 7.68. The summed E-state index contributed by atoms with van der Waals surface area (Å²) in [5.41, 5.74) is 3.34. The van der Waals surface area contributed by atoms with E-state index in [1.807, 2.05) is 78.0 Å². The predicted octanol–water partition coefficient (Wildman–Crippen LogP) is 5.16. The maximum absolute atomic E-state index is 13.5. The van der Waals surface area contributed by atoms with Gasteiger partial charge in [-0.3, -0.25) is 9.69 Å². The van der Waals surface area contributed by atoms with Gasteiger partial charge in [-0.25, -0.2) is 4.98 Å². The first-order valence-corrected chi connectivity index (χ1v) is 11.2. The number of para-hydroxylation sites is 2. The standard InChI is InChI=1S/C23H19N3O2S2/c1-25-18-10-6-5-9-16(18)23(28)26(15-7-3-2-4-8-15)22(25)20-12-11-19(30-20)17-14-29-21(13-27)24-17/h2-12,14,22,27H,13H2,1H3. The number of fused-ring (bicyclic) bond motifs is 1. The summed E-state index contributed by atoms with van der Waals surface area (Å²) < 4.78 is 0. The zero-order valence-electron chi connectivity index (χ0n) is 16.2. The molecule has 2 aromatic heterocycles. The SMILES string of the molecule is CN1c2ccccc2C(=O)N(c2ccccc2)C1c1ccc(-c2csc(CO)n2)s1. The Kier molecular flexibility index (Phi) is 4.86. The maximum Gasteiger partial charge on any atom is 0.262 e. The van der Waals surface area contributed by atoms with Crippen molar-refractivity contribution in [3.8, 4) is 10.6 Å². The van der Waals surface area contributed by atoms with Gasteiger partial charge in [0.1, 0.15) is 11.2 Å². The fraction of sp³-hybridized carbons (Fsp3) is 0.130. The van der Waals surface area contributed by atoms with Crippen molar-refractivity contribution >= 4 is 40.0 Å². The first-order chi connectivity index (χ1) is 14.7. The highest BCUT2D eigenvalue weighted by Gasteiger charge is 2.38. The third kappa shape index (κ3) is 3.11. The van der Waals surface area contributed by atoms with Crippen molar-refractivity contribution in [1.82, 2.24) is 4.98 Å². The molecule has 1 atom stereocenters. The molecule has 2 aromatic carbocycles. The molecular formula is C23H19N3O2S2. The first-order valence-electron chi connectivity index (χ1n) is 9.53. The van der Waals surface area contributed by atoms with E-state index >= 15 is 0 Å². The largest absolute Gasteiger partial charge is 0.389 e. The number of nitrogens with zero attached hydrogens (tertiary/aromatic N) is 3. The molecule has 5 rings (SSSR count). The number of aliphatic hydroxyl groups excluding tert-OH is 1. The van der Waals surface area contributed by atoms with Crippen molar-refractivity contribution in [2.45, 2.75) is 12.8 Å². The van der Waals surface area contributed by atoms with Crippen LogP contribution in [0.3, 0.4) is 0 Å². The van der Waals surface area contributed by atoms with Crippen molar-refractivity contribution in [2.75, 3.05) is 16.8 Å². The highest BCUT2D eigenvalue weighted by Crippen LogP contribution is 2.43. The second-order valence-electron chi connectivity index (χ2n) is 7.00. The molecule has 3 heterocycles. The Hall–Kier alpha value is -3.00. The number of thiophene rings is 1. The van der Waals surface area contributed by atoms with E-state index in [-0.39, 0.29) is 18.7 Å². The fourth-order valence-electron chi connectivity index (χ4n) is 3.80. The number of aliphatic hydroxyl groups is 1. The van der Waals surface area contributed by atoms with Crippen LogP contribution in [0.25, 0.3) is 10.6 Å². The van der Waals surface area contributed by atoms with Gasteiger partial charge in [0.2, 0.25) is 0 Å². The van der Waals surface area contributed by atoms with E-state index in [9.17, 15) is 9.90 Å². The number of aromatic nitrogens is 1. The molecule has 0 spiro atoms. The van der Waals surface area contributed by atoms with Gasteiger partial charge in [0.05, 0.1) is 28.4 Å². The molecule has 0 saturated heterocycles. The van der Waals surface area contributed by atoms with Crippen molar-refractivity contribution in [1.29, 1.82) is 0 Å². The minimum absolute atomic E-state index is 0.00826. The Morgan fingerprint density at radius 1 is 1.03 bits per heavy atom. The monoisotopic (exact) mass is 433 g/mol. The number of rotatable bonds is 4. The molecule has 1 aliphatic heterocycles. The summed E-state index contributed by atoms with van der Waals surface area (Å²) in [5, 5.41) is 12.0. The molecule has 0 bridgehead atoms. The molecule has 1 aliphatic rings. The fourth-order valence-corrected chi connectivity index (χ4v) is 5.63. The van der Waals surface area contributed by atoms with Gasteiger partial charge in [0, 0.05) is 23.0 Å². The summed E-state index contributed by atoms with van der Waals surface area (Å²) in [6, 6.07) is 21.6. The second-order valence-corrected chi connectivity index (χ2v) is 9.06. The van der Waals surface area contributed by atoms with Crippen LogP contribution in [0.2, 0.25) is 0 Å². The van der Waals surface area contributed by atoms with Crippen molar-refractivity contribution < 1.29 is 9.90 Å². The van der Waals surface area contributed by atoms with Crippen LogP contribution in [0.4, 0.5) is 11.4 Å². The number of amides is 1. The molecule has 0 radical (unpaired) electrons. The van der Waals surface area contributed by atoms with E-state index in [2.05, 4.69) is 16.0 Å². The smallest absolute Gasteiger partial charge is 0.262 e. The van der Waals surface area contributed by atoms with Crippen LogP contribution in [0.5, 0.6) is 0 Å². The lowest BCUT2D eigenvalue weighted by molar-refractivity contribution is 0.0970. The van der Waals surface area contributed by atoms with Gasteiger partial charge in [-0.1, -0.05) is 30.3 Å². The Morgan fingerprint density at radius 2 is 1.80 bits per heavy atom. The molecule has 4 aromatic rings. The molecular weight excluding hydrogens is 414 g/mol. The van der Waals surface area contributed by atoms with Crippen LogP contribution >= 0.6 is 22.7 Å². The minimum Gasteiger partial charge on any atom is -0.389 e. The van der Waals surface area contributed by atoms with Crippen molar-refractivity contribution in [3.63, 3.8) is 0 Å². The molecule has 1 N–H and O–H groups in total. The Bertz CT molecular complexity index is 1200. The topological polar surface area (TPSA) is 56.7 Å². The van der Waals surface area contributed by atoms with Crippen molar-refractivity contribution in [2.24, 2.45) is 0 Å². The quantitative estimate of drug-likeness (QED) is 0.483. The Morgan fingerprint density at radius 3 is 2.57 bits per heavy atom. The summed E-state index contributed by atoms with van der Waals surface area (Å²) >= 11 is 3.07. The van der Waals surface area contributed by atoms with Crippen molar-refractivity contribution in [3.05, 3.63) is 87.6 Å². The van der Waals surface area contributed by atoms with Crippen LogP contribution in [-0.2, 0) is 6.61 Å². The lowest BCUT2D eigenvalue weighted by Gasteiger charge is -2.43. The number of hydrogen-bond donors (Lipinski definition) is 1. The molecule has 30 heavy (non-hydrogen) atoms. The number of benzene rings is 2. The van der Waals surface area contributed by atoms with Crippen LogP contribution < -0.4 is 9.80 Å². The zero-order chi connectivity index (χ0) is 20.7. The van der Waals surface area contributed by atoms with Crippen LogP contribution in [0.15, 0.2) is 72.1 Å². The van der Waals surface area contributed by atoms with Crippen LogP contribution in [0, 0.1) is 0 Å². The van der Waals surface area contributed by atoms with E-state index in [4.69, 9.17) is 0 Å². The third-order valence-corrected chi connectivity index (χ3v) is 7.18. The van der Waals surface area contributed by atoms with Crippen LogP contribution in [-0.4, -0.2) is 23.0 Å². The summed E-state index contributed by atoms with van der Waals surface area (Å²) in [6.45, 7) is -0.0542. The molecule has 7 heteroatoms. The summed E-state index contributed by atoms with van der Waals surface area (Å²) in [7, 11) is 2.03. The molecule has 150 valence electrons. The Labute approximate surface area is 182 Å². The zero-order valence-corrected chi connectivity index (χ0v) is 17.9. The van der Waals surface area contributed by atoms with Crippen LogP contribution in [0.1, 0.15) is 26.4 Å². The normalized spacial score (nSPS) is 16.1. The average Bonchev–Trinajstić information content (AvgIpc) is 3.46. The highest BCUT2D eigenvalue weighted by molar-refractivity contribution is 7.16. The van der Waals surface area contributed by atoms with Gasteiger partial charge >= 0.3 is 0 Å². The number of anilines is 2. The van der Waals surface area contributed by atoms with E-state index in [0.29, 0.717) is 10.6 Å². The van der Waals surface area contributed by atoms with Gasteiger partial charge in [-0.15, -0.1) is 22.7 Å². The van der Waals surface area contributed by atoms with Gasteiger partial charge in [-0.2, -0.15) is 0 Å². The molecule has 0 aliphatic carbocycles. The third-order valence-electron chi connectivity index (χ3n) is 5.20. The van der Waals surface area contributed by atoms with E-state index in [0.717, 1.165) is 26.8 Å². The van der Waals surface area contributed by atoms with Gasteiger partial charge in [0.15, 0.2) is 0 Å². The summed E-state index contributed by atoms with van der Waals surface area (Å²) in [4.78, 5) is 24.1. The molecule has 0 fully saturated rings. The molecule has 1 amide bonds.